The smallest absolute Gasteiger partial charge is 0.173 e. The molecule has 0 saturated heterocycles. The van der Waals surface area contributed by atoms with Crippen molar-refractivity contribution in [2.45, 2.75) is 38.6 Å². The molecule has 2 aromatic rings. The number of rotatable bonds is 3. The Hall–Kier alpha value is -1.36. The molecule has 0 amide bonds. The summed E-state index contributed by atoms with van der Waals surface area (Å²) in [5.74, 6) is 1.53. The molecule has 0 fully saturated rings. The first-order valence-corrected chi connectivity index (χ1v) is 7.68. The largest absolute Gasteiger partial charge is 0.363 e. The van der Waals surface area contributed by atoms with E-state index >= 15 is 0 Å². The average molecular weight is 339 g/mol. The van der Waals surface area contributed by atoms with Gasteiger partial charge in [-0.3, -0.25) is 0 Å². The van der Waals surface area contributed by atoms with Crippen molar-refractivity contribution < 1.29 is 8.91 Å². The lowest BCUT2D eigenvalue weighted by Gasteiger charge is -2.06. The van der Waals surface area contributed by atoms with Crippen LogP contribution in [0.15, 0.2) is 27.2 Å². The van der Waals surface area contributed by atoms with Gasteiger partial charge in [-0.25, -0.2) is 4.39 Å². The highest BCUT2D eigenvalue weighted by atomic mass is 79.9. The third-order valence-corrected chi connectivity index (χ3v) is 4.15. The SMILES string of the molecule is Fc1cc(Br)ccc1CNc1noc2c1CCCCC2. The number of aromatic nitrogens is 1. The van der Waals surface area contributed by atoms with Crippen molar-refractivity contribution in [2.24, 2.45) is 0 Å². The maximum absolute atomic E-state index is 13.8. The molecule has 1 heterocycles. The Kier molecular flexibility index (Phi) is 4.05. The molecule has 0 aliphatic heterocycles. The fourth-order valence-electron chi connectivity index (χ4n) is 2.54. The van der Waals surface area contributed by atoms with E-state index in [1.165, 1.54) is 18.1 Å². The molecule has 20 heavy (non-hydrogen) atoms. The van der Waals surface area contributed by atoms with Crippen LogP contribution in [0.5, 0.6) is 0 Å². The predicted octanol–water partition coefficient (Wildman–Crippen LogP) is 4.46. The summed E-state index contributed by atoms with van der Waals surface area (Å²) in [7, 11) is 0. The highest BCUT2D eigenvalue weighted by Gasteiger charge is 2.18. The van der Waals surface area contributed by atoms with E-state index in [1.807, 2.05) is 6.07 Å². The van der Waals surface area contributed by atoms with Crippen molar-refractivity contribution in [1.29, 1.82) is 0 Å². The van der Waals surface area contributed by atoms with Crippen LogP contribution < -0.4 is 5.32 Å². The van der Waals surface area contributed by atoms with E-state index in [0.717, 1.165) is 41.7 Å². The third kappa shape index (κ3) is 2.87. The first-order chi connectivity index (χ1) is 9.74. The van der Waals surface area contributed by atoms with Crippen LogP contribution in [0.4, 0.5) is 10.2 Å². The monoisotopic (exact) mass is 338 g/mol. The Morgan fingerprint density at radius 3 is 2.95 bits per heavy atom. The molecule has 0 spiro atoms. The van der Waals surface area contributed by atoms with Crippen molar-refractivity contribution in [3.63, 3.8) is 0 Å². The minimum Gasteiger partial charge on any atom is -0.363 e. The van der Waals surface area contributed by atoms with Gasteiger partial charge < -0.3 is 9.84 Å². The van der Waals surface area contributed by atoms with Gasteiger partial charge in [-0.2, -0.15) is 0 Å². The normalized spacial score (nSPS) is 14.7. The van der Waals surface area contributed by atoms with Gasteiger partial charge in [-0.1, -0.05) is 33.6 Å². The summed E-state index contributed by atoms with van der Waals surface area (Å²) in [5.41, 5.74) is 1.79. The van der Waals surface area contributed by atoms with Crippen LogP contribution in [-0.4, -0.2) is 5.16 Å². The van der Waals surface area contributed by atoms with Crippen LogP contribution >= 0.6 is 15.9 Å². The number of benzene rings is 1. The molecule has 3 rings (SSSR count). The molecule has 5 heteroatoms. The molecular formula is C15H16BrFN2O. The molecule has 1 aromatic carbocycles. The number of aryl methyl sites for hydroxylation is 1. The highest BCUT2D eigenvalue weighted by molar-refractivity contribution is 9.10. The van der Waals surface area contributed by atoms with E-state index in [2.05, 4.69) is 26.4 Å². The summed E-state index contributed by atoms with van der Waals surface area (Å²) >= 11 is 3.26. The molecule has 0 radical (unpaired) electrons. The van der Waals surface area contributed by atoms with Crippen molar-refractivity contribution >= 4 is 21.7 Å². The zero-order valence-electron chi connectivity index (χ0n) is 11.1. The second kappa shape index (κ2) is 5.95. The quantitative estimate of drug-likeness (QED) is 0.839. The van der Waals surface area contributed by atoms with E-state index in [0.29, 0.717) is 12.1 Å². The van der Waals surface area contributed by atoms with Gasteiger partial charge in [-0.05, 0) is 31.4 Å². The van der Waals surface area contributed by atoms with Gasteiger partial charge in [-0.15, -0.1) is 0 Å². The lowest BCUT2D eigenvalue weighted by Crippen LogP contribution is -2.04. The first kappa shape index (κ1) is 13.6. The third-order valence-electron chi connectivity index (χ3n) is 3.66. The molecule has 106 valence electrons. The van der Waals surface area contributed by atoms with Gasteiger partial charge in [0.25, 0.3) is 0 Å². The Morgan fingerprint density at radius 1 is 1.25 bits per heavy atom. The van der Waals surface area contributed by atoms with Crippen LogP contribution in [0.1, 0.15) is 36.1 Å². The molecule has 0 unspecified atom stereocenters. The van der Waals surface area contributed by atoms with Crippen LogP contribution in [0, 0.1) is 5.82 Å². The van der Waals surface area contributed by atoms with Crippen molar-refractivity contribution in [3.8, 4) is 0 Å². The number of hydrogen-bond donors (Lipinski definition) is 1. The minimum absolute atomic E-state index is 0.221. The summed E-state index contributed by atoms with van der Waals surface area (Å²) < 4.78 is 19.9. The summed E-state index contributed by atoms with van der Waals surface area (Å²) in [4.78, 5) is 0. The van der Waals surface area contributed by atoms with Crippen molar-refractivity contribution in [3.05, 3.63) is 45.4 Å². The standard InChI is InChI=1S/C15H16BrFN2O/c16-11-7-6-10(13(17)8-11)9-18-15-12-4-2-1-3-5-14(12)20-19-15/h6-8H,1-5,9H2,(H,18,19). The van der Waals surface area contributed by atoms with Gasteiger partial charge in [0, 0.05) is 28.6 Å². The van der Waals surface area contributed by atoms with Crippen molar-refractivity contribution in [2.75, 3.05) is 5.32 Å². The summed E-state index contributed by atoms with van der Waals surface area (Å²) in [6.07, 6.45) is 5.49. The topological polar surface area (TPSA) is 38.1 Å². The lowest BCUT2D eigenvalue weighted by molar-refractivity contribution is 0.382. The number of anilines is 1. The number of halogens is 2. The molecule has 1 aromatic heterocycles. The first-order valence-electron chi connectivity index (χ1n) is 6.89. The second-order valence-corrected chi connectivity index (χ2v) is 6.00. The molecule has 1 aliphatic carbocycles. The Morgan fingerprint density at radius 2 is 2.10 bits per heavy atom. The molecule has 0 saturated carbocycles. The van der Waals surface area contributed by atoms with Gasteiger partial charge in [0.15, 0.2) is 5.82 Å². The van der Waals surface area contributed by atoms with E-state index in [-0.39, 0.29) is 5.82 Å². The predicted molar refractivity (Wildman–Crippen MR) is 79.2 cm³/mol. The van der Waals surface area contributed by atoms with E-state index < -0.39 is 0 Å². The van der Waals surface area contributed by atoms with E-state index in [1.54, 1.807) is 6.07 Å². The number of nitrogens with one attached hydrogen (secondary N) is 1. The van der Waals surface area contributed by atoms with Crippen molar-refractivity contribution in [1.82, 2.24) is 5.16 Å². The second-order valence-electron chi connectivity index (χ2n) is 5.08. The van der Waals surface area contributed by atoms with Crippen LogP contribution in [0.3, 0.4) is 0 Å². The van der Waals surface area contributed by atoms with E-state index in [4.69, 9.17) is 4.52 Å². The minimum atomic E-state index is -0.221. The van der Waals surface area contributed by atoms with Gasteiger partial charge in [0.2, 0.25) is 0 Å². The zero-order valence-corrected chi connectivity index (χ0v) is 12.7. The summed E-state index contributed by atoms with van der Waals surface area (Å²) in [5, 5.41) is 7.28. The fourth-order valence-corrected chi connectivity index (χ4v) is 2.88. The van der Waals surface area contributed by atoms with Gasteiger partial charge in [0.1, 0.15) is 11.6 Å². The van der Waals surface area contributed by atoms with Gasteiger partial charge >= 0.3 is 0 Å². The molecular weight excluding hydrogens is 323 g/mol. The lowest BCUT2D eigenvalue weighted by atomic mass is 10.1. The van der Waals surface area contributed by atoms with Gasteiger partial charge in [0.05, 0.1) is 0 Å². The Balaban J connectivity index is 1.74. The molecule has 0 atom stereocenters. The number of fused-ring (bicyclic) bond motifs is 1. The van der Waals surface area contributed by atoms with Crippen LogP contribution in [0.25, 0.3) is 0 Å². The zero-order chi connectivity index (χ0) is 13.9. The number of nitrogens with zero attached hydrogens (tertiary/aromatic N) is 1. The maximum Gasteiger partial charge on any atom is 0.173 e. The molecule has 3 nitrogen and oxygen atoms in total. The molecule has 1 aliphatic rings. The average Bonchev–Trinajstić information content (AvgIpc) is 2.66. The Bertz CT molecular complexity index is 612. The van der Waals surface area contributed by atoms with Crippen LogP contribution in [-0.2, 0) is 19.4 Å². The summed E-state index contributed by atoms with van der Waals surface area (Å²) in [6.45, 7) is 0.415. The maximum atomic E-state index is 13.8. The Labute approximate surface area is 125 Å². The molecule has 0 bridgehead atoms. The highest BCUT2D eigenvalue weighted by Crippen LogP contribution is 2.27. The summed E-state index contributed by atoms with van der Waals surface area (Å²) in [6, 6.07) is 5.08. The fraction of sp³-hybridized carbons (Fsp3) is 0.400. The van der Waals surface area contributed by atoms with E-state index in [9.17, 15) is 4.39 Å². The molecule has 1 N–H and O–H groups in total. The number of hydrogen-bond acceptors (Lipinski definition) is 3. The van der Waals surface area contributed by atoms with Crippen LogP contribution in [0.2, 0.25) is 0 Å².